The van der Waals surface area contributed by atoms with Gasteiger partial charge in [0.25, 0.3) is 5.24 Å². The van der Waals surface area contributed by atoms with E-state index in [2.05, 4.69) is 10.6 Å². The summed E-state index contributed by atoms with van der Waals surface area (Å²) in [6.45, 7) is 3.83. The van der Waals surface area contributed by atoms with Crippen molar-refractivity contribution in [2.45, 2.75) is 31.7 Å². The SMILES string of the molecule is O=C1NC(C(=O)N2CCCC3(CCCNC3)C2)CS1. The molecule has 2 atom stereocenters. The van der Waals surface area contributed by atoms with Crippen molar-refractivity contribution in [3.63, 3.8) is 0 Å². The van der Waals surface area contributed by atoms with Crippen LogP contribution in [0.4, 0.5) is 4.79 Å². The molecule has 3 fully saturated rings. The maximum Gasteiger partial charge on any atom is 0.279 e. The van der Waals surface area contributed by atoms with Crippen LogP contribution in [0.15, 0.2) is 0 Å². The van der Waals surface area contributed by atoms with Gasteiger partial charge in [0.1, 0.15) is 6.04 Å². The number of rotatable bonds is 1. The second-order valence-electron chi connectivity index (χ2n) is 5.94. The Hall–Kier alpha value is -0.750. The van der Waals surface area contributed by atoms with Crippen molar-refractivity contribution in [1.29, 1.82) is 0 Å². The van der Waals surface area contributed by atoms with Crippen molar-refractivity contribution in [2.24, 2.45) is 5.41 Å². The molecule has 0 aromatic heterocycles. The monoisotopic (exact) mass is 283 g/mol. The maximum atomic E-state index is 12.4. The molecule has 2 unspecified atom stereocenters. The molecular formula is C13H21N3O2S. The maximum absolute atomic E-state index is 12.4. The summed E-state index contributed by atoms with van der Waals surface area (Å²) in [5.41, 5.74) is 0.280. The predicted molar refractivity (Wildman–Crippen MR) is 75.1 cm³/mol. The summed E-state index contributed by atoms with van der Waals surface area (Å²) in [5.74, 6) is 0.697. The van der Waals surface area contributed by atoms with Crippen molar-refractivity contribution < 1.29 is 9.59 Å². The zero-order valence-corrected chi connectivity index (χ0v) is 11.9. The van der Waals surface area contributed by atoms with Crippen molar-refractivity contribution in [1.82, 2.24) is 15.5 Å². The highest BCUT2D eigenvalue weighted by molar-refractivity contribution is 8.14. The normalized spacial score (nSPS) is 35.5. The summed E-state index contributed by atoms with van der Waals surface area (Å²) in [6, 6.07) is -0.302. The highest BCUT2D eigenvalue weighted by Crippen LogP contribution is 2.36. The Morgan fingerprint density at radius 2 is 2.21 bits per heavy atom. The van der Waals surface area contributed by atoms with Gasteiger partial charge in [0.05, 0.1) is 0 Å². The van der Waals surface area contributed by atoms with E-state index in [1.807, 2.05) is 4.90 Å². The van der Waals surface area contributed by atoms with Crippen LogP contribution < -0.4 is 10.6 Å². The van der Waals surface area contributed by atoms with Crippen LogP contribution in [-0.4, -0.2) is 54.0 Å². The van der Waals surface area contributed by atoms with Crippen LogP contribution in [0.25, 0.3) is 0 Å². The van der Waals surface area contributed by atoms with Crippen LogP contribution >= 0.6 is 11.8 Å². The van der Waals surface area contributed by atoms with E-state index in [0.29, 0.717) is 5.75 Å². The van der Waals surface area contributed by atoms with Crippen LogP contribution in [-0.2, 0) is 4.79 Å². The quantitative estimate of drug-likeness (QED) is 0.747. The van der Waals surface area contributed by atoms with Crippen LogP contribution in [0.3, 0.4) is 0 Å². The fourth-order valence-electron chi connectivity index (χ4n) is 3.51. The number of hydrogen-bond donors (Lipinski definition) is 2. The number of nitrogens with zero attached hydrogens (tertiary/aromatic N) is 1. The first-order valence-electron chi connectivity index (χ1n) is 7.11. The van der Waals surface area contributed by atoms with Gasteiger partial charge >= 0.3 is 0 Å². The number of piperidine rings is 2. The van der Waals surface area contributed by atoms with E-state index in [-0.39, 0.29) is 22.6 Å². The topological polar surface area (TPSA) is 61.4 Å². The third kappa shape index (κ3) is 2.74. The van der Waals surface area contributed by atoms with Gasteiger partial charge in [-0.2, -0.15) is 0 Å². The zero-order chi connectivity index (χ0) is 13.3. The first-order chi connectivity index (χ1) is 9.19. The second kappa shape index (κ2) is 5.32. The van der Waals surface area contributed by atoms with E-state index in [1.54, 1.807) is 0 Å². The van der Waals surface area contributed by atoms with Crippen molar-refractivity contribution in [2.75, 3.05) is 31.9 Å². The number of nitrogens with one attached hydrogen (secondary N) is 2. The average molecular weight is 283 g/mol. The summed E-state index contributed by atoms with van der Waals surface area (Å²) in [4.78, 5) is 25.6. The van der Waals surface area contributed by atoms with Crippen LogP contribution in [0.1, 0.15) is 25.7 Å². The highest BCUT2D eigenvalue weighted by Gasteiger charge is 2.40. The molecule has 3 aliphatic rings. The Morgan fingerprint density at radius 1 is 1.37 bits per heavy atom. The number of amides is 2. The van der Waals surface area contributed by atoms with Crippen LogP contribution in [0, 0.1) is 5.41 Å². The van der Waals surface area contributed by atoms with Gasteiger partial charge in [-0.05, 0) is 32.2 Å². The largest absolute Gasteiger partial charge is 0.340 e. The molecule has 106 valence electrons. The summed E-state index contributed by atoms with van der Waals surface area (Å²) < 4.78 is 0. The van der Waals surface area contributed by atoms with E-state index >= 15 is 0 Å². The van der Waals surface area contributed by atoms with Gasteiger partial charge in [-0.15, -0.1) is 0 Å². The fraction of sp³-hybridized carbons (Fsp3) is 0.846. The molecule has 0 saturated carbocycles. The summed E-state index contributed by atoms with van der Waals surface area (Å²) in [6.07, 6.45) is 4.73. The molecule has 3 aliphatic heterocycles. The number of hydrogen-bond acceptors (Lipinski definition) is 4. The lowest BCUT2D eigenvalue weighted by atomic mass is 9.74. The number of carbonyl (C=O) groups is 2. The summed E-state index contributed by atoms with van der Waals surface area (Å²) in [5, 5.41) is 6.16. The molecule has 0 aromatic carbocycles. The van der Waals surface area contributed by atoms with E-state index in [0.717, 1.165) is 32.6 Å². The minimum atomic E-state index is -0.302. The van der Waals surface area contributed by atoms with Crippen molar-refractivity contribution in [3.05, 3.63) is 0 Å². The van der Waals surface area contributed by atoms with Crippen molar-refractivity contribution in [3.8, 4) is 0 Å². The Bertz CT molecular complexity index is 377. The molecule has 0 aliphatic carbocycles. The molecule has 0 aromatic rings. The lowest BCUT2D eigenvalue weighted by molar-refractivity contribution is -0.136. The van der Waals surface area contributed by atoms with Crippen LogP contribution in [0.5, 0.6) is 0 Å². The molecule has 3 rings (SSSR count). The van der Waals surface area contributed by atoms with Crippen LogP contribution in [0.2, 0.25) is 0 Å². The fourth-order valence-corrected chi connectivity index (χ4v) is 4.28. The van der Waals surface area contributed by atoms with Gasteiger partial charge in [-0.3, -0.25) is 9.59 Å². The van der Waals surface area contributed by atoms with E-state index < -0.39 is 0 Å². The minimum Gasteiger partial charge on any atom is -0.340 e. The first-order valence-corrected chi connectivity index (χ1v) is 8.10. The molecule has 6 heteroatoms. The summed E-state index contributed by atoms with van der Waals surface area (Å²) >= 11 is 1.21. The van der Waals surface area contributed by atoms with Gasteiger partial charge in [-0.25, -0.2) is 0 Å². The molecule has 5 nitrogen and oxygen atoms in total. The van der Waals surface area contributed by atoms with E-state index in [1.165, 1.54) is 31.0 Å². The Labute approximate surface area is 117 Å². The zero-order valence-electron chi connectivity index (χ0n) is 11.1. The Balaban J connectivity index is 1.64. The van der Waals surface area contributed by atoms with Gasteiger partial charge < -0.3 is 15.5 Å². The molecule has 3 heterocycles. The highest BCUT2D eigenvalue weighted by atomic mass is 32.2. The smallest absolute Gasteiger partial charge is 0.279 e. The van der Waals surface area contributed by atoms with Gasteiger partial charge in [0.2, 0.25) is 5.91 Å². The number of carbonyl (C=O) groups excluding carboxylic acids is 2. The Kier molecular flexibility index (Phi) is 3.71. The number of likely N-dealkylation sites (tertiary alicyclic amines) is 1. The first kappa shape index (κ1) is 13.2. The lowest BCUT2D eigenvalue weighted by Crippen LogP contribution is -2.55. The average Bonchev–Trinajstić information content (AvgIpc) is 2.85. The number of thioether (sulfide) groups is 1. The lowest BCUT2D eigenvalue weighted by Gasteiger charge is -2.45. The molecule has 3 saturated heterocycles. The summed E-state index contributed by atoms with van der Waals surface area (Å²) in [7, 11) is 0. The van der Waals surface area contributed by atoms with E-state index in [9.17, 15) is 9.59 Å². The predicted octanol–water partition coefficient (Wildman–Crippen LogP) is 0.804. The van der Waals surface area contributed by atoms with E-state index in [4.69, 9.17) is 0 Å². The van der Waals surface area contributed by atoms with Gasteiger partial charge in [-0.1, -0.05) is 11.8 Å². The third-order valence-corrected chi connectivity index (χ3v) is 5.39. The molecule has 2 amide bonds. The van der Waals surface area contributed by atoms with Gasteiger partial charge in [0, 0.05) is 30.8 Å². The molecule has 19 heavy (non-hydrogen) atoms. The van der Waals surface area contributed by atoms with Gasteiger partial charge in [0.15, 0.2) is 0 Å². The molecule has 1 spiro atoms. The minimum absolute atomic E-state index is 0.0654. The standard InChI is InChI=1S/C13H21N3O2S/c17-11(10-7-19-12(18)15-10)16-6-2-4-13(9-16)3-1-5-14-8-13/h10,14H,1-9H2,(H,15,18). The third-order valence-electron chi connectivity index (χ3n) is 4.51. The molecule has 0 bridgehead atoms. The Morgan fingerprint density at radius 3 is 2.89 bits per heavy atom. The molecule has 2 N–H and O–H groups in total. The van der Waals surface area contributed by atoms with Crippen molar-refractivity contribution >= 4 is 22.9 Å². The second-order valence-corrected chi connectivity index (χ2v) is 6.93. The molecule has 0 radical (unpaired) electrons. The molecular weight excluding hydrogens is 262 g/mol.